The highest BCUT2D eigenvalue weighted by Gasteiger charge is 2.33. The van der Waals surface area contributed by atoms with E-state index >= 15 is 0 Å². The Morgan fingerprint density at radius 2 is 2.17 bits per heavy atom. The molecule has 8 heteroatoms. The van der Waals surface area contributed by atoms with Gasteiger partial charge in [-0.1, -0.05) is 18.5 Å². The molecule has 1 heterocycles. The van der Waals surface area contributed by atoms with Crippen molar-refractivity contribution in [3.8, 4) is 5.75 Å². The van der Waals surface area contributed by atoms with E-state index in [1.807, 2.05) is 0 Å². The molecule has 128 valence electrons. The van der Waals surface area contributed by atoms with Gasteiger partial charge in [0.2, 0.25) is 0 Å². The maximum atomic E-state index is 12.4. The number of benzene rings is 1. The van der Waals surface area contributed by atoms with Crippen LogP contribution in [-0.2, 0) is 11.3 Å². The number of alkyl halides is 2. The lowest BCUT2D eigenvalue weighted by Gasteiger charge is -2.38. The number of aliphatic imine (C=N–C) groups is 1. The minimum atomic E-state index is -2.88. The SMILES string of the molecule is CN=C(NCc1cc(Cl)ccc1OC(F)F)NCC1(C)COC1. The Hall–Kier alpha value is -1.60. The van der Waals surface area contributed by atoms with Gasteiger partial charge in [0.05, 0.1) is 13.2 Å². The molecule has 1 aliphatic rings. The summed E-state index contributed by atoms with van der Waals surface area (Å²) in [6, 6.07) is 4.52. The van der Waals surface area contributed by atoms with Crippen molar-refractivity contribution in [3.63, 3.8) is 0 Å². The summed E-state index contributed by atoms with van der Waals surface area (Å²) in [5.74, 6) is 0.660. The third kappa shape index (κ3) is 5.21. The second-order valence-electron chi connectivity index (χ2n) is 5.71. The standard InChI is InChI=1S/C15H20ClF2N3O2/c1-15(8-22-9-15)7-21-14(19-2)20-6-10-5-11(16)3-4-12(10)23-13(17)18/h3-5,13H,6-9H2,1-2H3,(H2,19,20,21). The molecule has 0 spiro atoms. The molecule has 1 aromatic rings. The van der Waals surface area contributed by atoms with Crippen molar-refractivity contribution in [1.82, 2.24) is 10.6 Å². The molecule has 2 N–H and O–H groups in total. The predicted octanol–water partition coefficient (Wildman–Crippen LogP) is 2.64. The molecule has 5 nitrogen and oxygen atoms in total. The second kappa shape index (κ2) is 7.79. The molecule has 1 aliphatic heterocycles. The zero-order chi connectivity index (χ0) is 16.9. The lowest BCUT2D eigenvalue weighted by Crippen LogP contribution is -2.50. The van der Waals surface area contributed by atoms with Crippen molar-refractivity contribution < 1.29 is 18.3 Å². The Labute approximate surface area is 139 Å². The minimum Gasteiger partial charge on any atom is -0.434 e. The number of rotatable bonds is 6. The maximum absolute atomic E-state index is 12.4. The van der Waals surface area contributed by atoms with Crippen molar-refractivity contribution in [2.45, 2.75) is 20.1 Å². The van der Waals surface area contributed by atoms with Gasteiger partial charge in [-0.3, -0.25) is 4.99 Å². The number of guanidine groups is 1. The van der Waals surface area contributed by atoms with Crippen LogP contribution < -0.4 is 15.4 Å². The predicted molar refractivity (Wildman–Crippen MR) is 85.2 cm³/mol. The summed E-state index contributed by atoms with van der Waals surface area (Å²) in [6.45, 7) is 1.61. The van der Waals surface area contributed by atoms with Crippen LogP contribution in [0.5, 0.6) is 5.75 Å². The number of halogens is 3. The molecule has 1 saturated heterocycles. The van der Waals surface area contributed by atoms with E-state index < -0.39 is 6.61 Å². The third-order valence-corrected chi connectivity index (χ3v) is 3.73. The van der Waals surface area contributed by atoms with Gasteiger partial charge in [0.25, 0.3) is 0 Å². The quantitative estimate of drug-likeness (QED) is 0.613. The summed E-state index contributed by atoms with van der Waals surface area (Å²) >= 11 is 5.92. The summed E-state index contributed by atoms with van der Waals surface area (Å²) in [5.41, 5.74) is 0.622. The molecule has 0 radical (unpaired) electrons. The zero-order valence-corrected chi connectivity index (χ0v) is 13.8. The lowest BCUT2D eigenvalue weighted by molar-refractivity contribution is -0.0971. The smallest absolute Gasteiger partial charge is 0.387 e. The minimum absolute atomic E-state index is 0.0895. The highest BCUT2D eigenvalue weighted by Crippen LogP contribution is 2.25. The van der Waals surface area contributed by atoms with Gasteiger partial charge in [0, 0.05) is 36.1 Å². The lowest BCUT2D eigenvalue weighted by atomic mass is 9.89. The van der Waals surface area contributed by atoms with Gasteiger partial charge in [-0.25, -0.2) is 0 Å². The first-order valence-electron chi connectivity index (χ1n) is 7.17. The number of nitrogens with one attached hydrogen (secondary N) is 2. The van der Waals surface area contributed by atoms with Crippen LogP contribution >= 0.6 is 11.6 Å². The van der Waals surface area contributed by atoms with Gasteiger partial charge in [-0.05, 0) is 18.2 Å². The van der Waals surface area contributed by atoms with Gasteiger partial charge in [0.15, 0.2) is 5.96 Å². The number of ether oxygens (including phenoxy) is 2. The van der Waals surface area contributed by atoms with Crippen LogP contribution in [0, 0.1) is 5.41 Å². The highest BCUT2D eigenvalue weighted by molar-refractivity contribution is 6.30. The van der Waals surface area contributed by atoms with Crippen LogP contribution in [-0.4, -0.2) is 39.4 Å². The average Bonchev–Trinajstić information content (AvgIpc) is 2.47. The van der Waals surface area contributed by atoms with Crippen molar-refractivity contribution >= 4 is 17.6 Å². The van der Waals surface area contributed by atoms with E-state index in [9.17, 15) is 8.78 Å². The van der Waals surface area contributed by atoms with Crippen LogP contribution in [0.2, 0.25) is 5.02 Å². The number of nitrogens with zero attached hydrogens (tertiary/aromatic N) is 1. The molecular weight excluding hydrogens is 328 g/mol. The van der Waals surface area contributed by atoms with Gasteiger partial charge < -0.3 is 20.1 Å². The topological polar surface area (TPSA) is 54.9 Å². The fraction of sp³-hybridized carbons (Fsp3) is 0.533. The summed E-state index contributed by atoms with van der Waals surface area (Å²) in [5, 5.41) is 6.71. The van der Waals surface area contributed by atoms with Gasteiger partial charge >= 0.3 is 6.61 Å². The molecule has 0 bridgehead atoms. The van der Waals surface area contributed by atoms with E-state index in [1.165, 1.54) is 12.1 Å². The van der Waals surface area contributed by atoms with Crippen molar-refractivity contribution in [3.05, 3.63) is 28.8 Å². The van der Waals surface area contributed by atoms with E-state index in [0.29, 0.717) is 36.3 Å². The highest BCUT2D eigenvalue weighted by atomic mass is 35.5. The molecule has 0 saturated carbocycles. The first kappa shape index (κ1) is 17.7. The monoisotopic (exact) mass is 347 g/mol. The van der Waals surface area contributed by atoms with Crippen molar-refractivity contribution in [1.29, 1.82) is 0 Å². The largest absolute Gasteiger partial charge is 0.434 e. The van der Waals surface area contributed by atoms with E-state index in [2.05, 4.69) is 27.3 Å². The Bertz CT molecular complexity index is 566. The number of hydrogen-bond acceptors (Lipinski definition) is 3. The summed E-state index contributed by atoms with van der Waals surface area (Å²) in [4.78, 5) is 4.11. The second-order valence-corrected chi connectivity index (χ2v) is 6.15. The molecule has 0 amide bonds. The Kier molecular flexibility index (Phi) is 6.01. The maximum Gasteiger partial charge on any atom is 0.387 e. The van der Waals surface area contributed by atoms with Gasteiger partial charge in [-0.15, -0.1) is 0 Å². The van der Waals surface area contributed by atoms with Gasteiger partial charge in [0.1, 0.15) is 5.75 Å². The van der Waals surface area contributed by atoms with E-state index in [4.69, 9.17) is 16.3 Å². The number of hydrogen-bond donors (Lipinski definition) is 2. The molecule has 0 aliphatic carbocycles. The van der Waals surface area contributed by atoms with Crippen LogP contribution in [0.1, 0.15) is 12.5 Å². The van der Waals surface area contributed by atoms with Crippen molar-refractivity contribution in [2.75, 3.05) is 26.8 Å². The van der Waals surface area contributed by atoms with E-state index in [0.717, 1.165) is 0 Å². The molecule has 0 atom stereocenters. The van der Waals surface area contributed by atoms with E-state index in [1.54, 1.807) is 13.1 Å². The zero-order valence-electron chi connectivity index (χ0n) is 13.0. The van der Waals surface area contributed by atoms with Gasteiger partial charge in [-0.2, -0.15) is 8.78 Å². The summed E-state index contributed by atoms with van der Waals surface area (Å²) in [7, 11) is 1.64. The van der Waals surface area contributed by atoms with Crippen LogP contribution in [0.3, 0.4) is 0 Å². The fourth-order valence-electron chi connectivity index (χ4n) is 2.15. The molecule has 0 aromatic heterocycles. The molecule has 0 unspecified atom stereocenters. The summed E-state index contributed by atoms with van der Waals surface area (Å²) < 4.78 is 34.6. The molecular formula is C15H20ClF2N3O2. The van der Waals surface area contributed by atoms with Crippen molar-refractivity contribution in [2.24, 2.45) is 10.4 Å². The van der Waals surface area contributed by atoms with E-state index in [-0.39, 0.29) is 17.7 Å². The fourth-order valence-corrected chi connectivity index (χ4v) is 2.34. The first-order valence-corrected chi connectivity index (χ1v) is 7.55. The van der Waals surface area contributed by atoms with Crippen LogP contribution in [0.25, 0.3) is 0 Å². The summed E-state index contributed by atoms with van der Waals surface area (Å²) in [6.07, 6.45) is 0. The Balaban J connectivity index is 1.93. The molecule has 23 heavy (non-hydrogen) atoms. The Morgan fingerprint density at radius 3 is 2.74 bits per heavy atom. The first-order chi connectivity index (χ1) is 10.9. The molecule has 1 aromatic carbocycles. The average molecular weight is 348 g/mol. The van der Waals surface area contributed by atoms with Crippen LogP contribution in [0.4, 0.5) is 8.78 Å². The molecule has 2 rings (SSSR count). The normalized spacial score (nSPS) is 16.9. The van der Waals surface area contributed by atoms with Crippen LogP contribution in [0.15, 0.2) is 23.2 Å². The third-order valence-electron chi connectivity index (χ3n) is 3.49. The Morgan fingerprint density at radius 1 is 1.43 bits per heavy atom. The molecule has 1 fully saturated rings.